The summed E-state index contributed by atoms with van der Waals surface area (Å²) in [5.74, 6) is 0.201. The molecule has 4 heteroatoms. The van der Waals surface area contributed by atoms with Crippen LogP contribution in [0.2, 0.25) is 0 Å². The van der Waals surface area contributed by atoms with E-state index in [2.05, 4.69) is 16.4 Å². The van der Waals surface area contributed by atoms with Crippen LogP contribution >= 0.6 is 11.9 Å². The lowest BCUT2D eigenvalue weighted by Crippen LogP contribution is -2.43. The Balaban J connectivity index is 1.42. The highest BCUT2D eigenvalue weighted by Gasteiger charge is 2.52. The summed E-state index contributed by atoms with van der Waals surface area (Å²) < 4.78 is 2.42. The van der Waals surface area contributed by atoms with Crippen LogP contribution in [0, 0.1) is 5.41 Å². The molecule has 0 radical (unpaired) electrons. The second-order valence-corrected chi connectivity index (χ2v) is 7.59. The van der Waals surface area contributed by atoms with Crippen molar-refractivity contribution in [3.8, 4) is 0 Å². The number of hydrogen-bond donors (Lipinski definition) is 0. The van der Waals surface area contributed by atoms with Gasteiger partial charge in [-0.05, 0) is 61.2 Å². The first-order valence-electron chi connectivity index (χ1n) is 7.56. The molecule has 20 heavy (non-hydrogen) atoms. The smallest absolute Gasteiger partial charge is 0.253 e. The largest absolute Gasteiger partial charge is 0.339 e. The molecule has 0 N–H and O–H groups in total. The number of carbonyl (C=O) groups excluding carboxylic acids is 1. The Hall–Kier alpha value is -1.00. The Labute approximate surface area is 124 Å². The minimum Gasteiger partial charge on any atom is -0.339 e. The lowest BCUT2D eigenvalue weighted by molar-refractivity contribution is 0.0792. The molecule has 1 spiro atoms. The van der Waals surface area contributed by atoms with E-state index < -0.39 is 0 Å². The number of amides is 1. The maximum atomic E-state index is 12.4. The zero-order chi connectivity index (χ0) is 13.6. The van der Waals surface area contributed by atoms with Crippen molar-refractivity contribution in [1.29, 1.82) is 0 Å². The fraction of sp³-hybridized carbons (Fsp3) is 0.562. The molecular formula is C16H20N2OS. The second kappa shape index (κ2) is 4.78. The fourth-order valence-electron chi connectivity index (χ4n) is 3.20. The van der Waals surface area contributed by atoms with E-state index in [1.807, 2.05) is 29.0 Å². The molecule has 106 valence electrons. The van der Waals surface area contributed by atoms with E-state index in [0.29, 0.717) is 5.41 Å². The lowest BCUT2D eigenvalue weighted by Gasteiger charge is -2.38. The summed E-state index contributed by atoms with van der Waals surface area (Å²) in [4.78, 5) is 15.6. The van der Waals surface area contributed by atoms with Crippen LogP contribution in [0.4, 0.5) is 0 Å². The lowest BCUT2D eigenvalue weighted by atomic mass is 10.0. The van der Waals surface area contributed by atoms with Crippen LogP contribution in [0.5, 0.6) is 0 Å². The first-order valence-corrected chi connectivity index (χ1v) is 8.34. The zero-order valence-electron chi connectivity index (χ0n) is 11.7. The molecular weight excluding hydrogens is 268 g/mol. The standard InChI is InChI=1S/C16H20N2OS/c19-15(17-8-1-2-9-17)13-4-3-5-14(10-13)20-18-11-16(12-18)6-7-16/h3-5,10H,1-2,6-9,11-12H2. The first kappa shape index (κ1) is 12.7. The Morgan fingerprint density at radius 2 is 1.90 bits per heavy atom. The predicted molar refractivity (Wildman–Crippen MR) is 80.7 cm³/mol. The molecule has 0 atom stereocenters. The van der Waals surface area contributed by atoms with Gasteiger partial charge >= 0.3 is 0 Å². The van der Waals surface area contributed by atoms with Gasteiger partial charge in [0.05, 0.1) is 0 Å². The molecule has 4 rings (SSSR count). The van der Waals surface area contributed by atoms with E-state index in [9.17, 15) is 4.79 Å². The van der Waals surface area contributed by atoms with Crippen molar-refractivity contribution in [3.05, 3.63) is 29.8 Å². The van der Waals surface area contributed by atoms with Gasteiger partial charge in [-0.1, -0.05) is 6.07 Å². The normalized spacial score (nSPS) is 23.9. The summed E-state index contributed by atoms with van der Waals surface area (Å²) in [6, 6.07) is 8.13. The first-order chi connectivity index (χ1) is 9.74. The fourth-order valence-corrected chi connectivity index (χ4v) is 4.49. The van der Waals surface area contributed by atoms with Crippen molar-refractivity contribution in [2.75, 3.05) is 26.2 Å². The van der Waals surface area contributed by atoms with Crippen molar-refractivity contribution in [1.82, 2.24) is 9.21 Å². The van der Waals surface area contributed by atoms with Crippen LogP contribution in [0.1, 0.15) is 36.0 Å². The number of nitrogens with zero attached hydrogens (tertiary/aromatic N) is 2. The van der Waals surface area contributed by atoms with Crippen LogP contribution in [0.15, 0.2) is 29.2 Å². The molecule has 1 saturated carbocycles. The molecule has 1 aliphatic carbocycles. The third-order valence-corrected chi connectivity index (χ3v) is 5.67. The highest BCUT2D eigenvalue weighted by Crippen LogP contribution is 2.55. The molecule has 3 nitrogen and oxygen atoms in total. The summed E-state index contributed by atoms with van der Waals surface area (Å²) in [5, 5.41) is 0. The molecule has 3 aliphatic rings. The molecule has 0 unspecified atom stereocenters. The van der Waals surface area contributed by atoms with Crippen molar-refractivity contribution in [3.63, 3.8) is 0 Å². The maximum Gasteiger partial charge on any atom is 0.253 e. The molecule has 2 saturated heterocycles. The van der Waals surface area contributed by atoms with Gasteiger partial charge in [0.15, 0.2) is 0 Å². The van der Waals surface area contributed by atoms with E-state index >= 15 is 0 Å². The highest BCUT2D eigenvalue weighted by molar-refractivity contribution is 7.97. The van der Waals surface area contributed by atoms with Crippen molar-refractivity contribution < 1.29 is 4.79 Å². The van der Waals surface area contributed by atoms with Crippen LogP contribution in [0.25, 0.3) is 0 Å². The van der Waals surface area contributed by atoms with Gasteiger partial charge in [0.25, 0.3) is 5.91 Å². The number of hydrogen-bond acceptors (Lipinski definition) is 3. The minimum absolute atomic E-state index is 0.201. The average Bonchev–Trinajstić information content (AvgIpc) is 3.02. The van der Waals surface area contributed by atoms with Crippen molar-refractivity contribution >= 4 is 17.9 Å². The second-order valence-electron chi connectivity index (χ2n) is 6.42. The van der Waals surface area contributed by atoms with E-state index in [1.165, 1.54) is 30.8 Å². The van der Waals surface area contributed by atoms with E-state index in [0.717, 1.165) is 31.5 Å². The van der Waals surface area contributed by atoms with Gasteiger partial charge in [-0.25, -0.2) is 4.31 Å². The number of rotatable bonds is 3. The summed E-state index contributed by atoms with van der Waals surface area (Å²) in [5.41, 5.74) is 1.54. The molecule has 3 fully saturated rings. The van der Waals surface area contributed by atoms with Gasteiger partial charge in [0.2, 0.25) is 0 Å². The SMILES string of the molecule is O=C(c1cccc(SN2CC3(CC3)C2)c1)N1CCCC1. The average molecular weight is 288 g/mol. The van der Waals surface area contributed by atoms with Crippen LogP contribution in [-0.2, 0) is 0 Å². The summed E-state index contributed by atoms with van der Waals surface area (Å²) >= 11 is 1.81. The number of likely N-dealkylation sites (tertiary alicyclic amines) is 1. The molecule has 1 amide bonds. The summed E-state index contributed by atoms with van der Waals surface area (Å²) in [7, 11) is 0. The van der Waals surface area contributed by atoms with Crippen molar-refractivity contribution in [2.24, 2.45) is 5.41 Å². The minimum atomic E-state index is 0.201. The monoisotopic (exact) mass is 288 g/mol. The van der Waals surface area contributed by atoms with Crippen LogP contribution in [0.3, 0.4) is 0 Å². The Morgan fingerprint density at radius 1 is 1.15 bits per heavy atom. The summed E-state index contributed by atoms with van der Waals surface area (Å²) in [6.45, 7) is 4.29. The van der Waals surface area contributed by atoms with E-state index in [-0.39, 0.29) is 5.91 Å². The Morgan fingerprint density at radius 3 is 2.60 bits per heavy atom. The predicted octanol–water partition coefficient (Wildman–Crippen LogP) is 3.03. The van der Waals surface area contributed by atoms with Gasteiger partial charge in [-0.2, -0.15) is 0 Å². The van der Waals surface area contributed by atoms with E-state index in [1.54, 1.807) is 0 Å². The third-order valence-electron chi connectivity index (χ3n) is 4.69. The molecule has 1 aromatic carbocycles. The topological polar surface area (TPSA) is 23.6 Å². The van der Waals surface area contributed by atoms with Crippen LogP contribution < -0.4 is 0 Å². The molecule has 1 aromatic rings. The van der Waals surface area contributed by atoms with E-state index in [4.69, 9.17) is 0 Å². The van der Waals surface area contributed by atoms with Gasteiger partial charge in [-0.3, -0.25) is 4.79 Å². The van der Waals surface area contributed by atoms with Gasteiger partial charge < -0.3 is 4.90 Å². The van der Waals surface area contributed by atoms with Crippen LogP contribution in [-0.4, -0.2) is 41.3 Å². The molecule has 0 bridgehead atoms. The zero-order valence-corrected chi connectivity index (χ0v) is 12.5. The quantitative estimate of drug-likeness (QED) is 0.799. The van der Waals surface area contributed by atoms with Gasteiger partial charge in [-0.15, -0.1) is 0 Å². The van der Waals surface area contributed by atoms with Gasteiger partial charge in [0, 0.05) is 36.6 Å². The summed E-state index contributed by atoms with van der Waals surface area (Å²) in [6.07, 6.45) is 5.13. The Kier molecular flexibility index (Phi) is 3.04. The highest BCUT2D eigenvalue weighted by atomic mass is 32.2. The maximum absolute atomic E-state index is 12.4. The molecule has 2 aliphatic heterocycles. The molecule has 2 heterocycles. The number of benzene rings is 1. The molecule has 0 aromatic heterocycles. The van der Waals surface area contributed by atoms with Crippen molar-refractivity contribution in [2.45, 2.75) is 30.6 Å². The van der Waals surface area contributed by atoms with Gasteiger partial charge in [0.1, 0.15) is 0 Å². The number of carbonyl (C=O) groups is 1. The Bertz CT molecular complexity index is 527. The third kappa shape index (κ3) is 2.35.